The van der Waals surface area contributed by atoms with Crippen LogP contribution in [0.2, 0.25) is 0 Å². The minimum atomic E-state index is -1.08. The fourth-order valence-electron chi connectivity index (χ4n) is 2.95. The lowest BCUT2D eigenvalue weighted by molar-refractivity contribution is 0.0691. The van der Waals surface area contributed by atoms with Crippen LogP contribution in [0.3, 0.4) is 0 Å². The molecule has 5 heteroatoms. The van der Waals surface area contributed by atoms with Crippen molar-refractivity contribution in [1.29, 1.82) is 0 Å². The van der Waals surface area contributed by atoms with Crippen LogP contribution >= 0.6 is 0 Å². The SMILES string of the molecule is O=C(O)c1nccnc1-c1ccc(Cn2ccc3ccccc32)cc1. The Hall–Kier alpha value is -3.47. The lowest BCUT2D eigenvalue weighted by Gasteiger charge is -2.08. The minimum Gasteiger partial charge on any atom is -0.476 e. The van der Waals surface area contributed by atoms with Crippen LogP contribution < -0.4 is 0 Å². The molecule has 2 aromatic heterocycles. The van der Waals surface area contributed by atoms with E-state index in [0.29, 0.717) is 5.69 Å². The normalized spacial score (nSPS) is 10.9. The minimum absolute atomic E-state index is 0.0355. The van der Waals surface area contributed by atoms with Gasteiger partial charge in [-0.05, 0) is 23.1 Å². The van der Waals surface area contributed by atoms with Gasteiger partial charge in [0.25, 0.3) is 0 Å². The molecule has 0 aliphatic carbocycles. The van der Waals surface area contributed by atoms with Gasteiger partial charge in [-0.1, -0.05) is 42.5 Å². The zero-order chi connectivity index (χ0) is 17.2. The van der Waals surface area contributed by atoms with Crippen LogP contribution in [0.25, 0.3) is 22.2 Å². The largest absolute Gasteiger partial charge is 0.476 e. The van der Waals surface area contributed by atoms with Crippen LogP contribution in [0.1, 0.15) is 16.1 Å². The van der Waals surface area contributed by atoms with E-state index in [1.54, 1.807) is 0 Å². The van der Waals surface area contributed by atoms with Crippen molar-refractivity contribution >= 4 is 16.9 Å². The van der Waals surface area contributed by atoms with Crippen molar-refractivity contribution in [2.75, 3.05) is 0 Å². The maximum absolute atomic E-state index is 11.3. The van der Waals surface area contributed by atoms with E-state index in [9.17, 15) is 9.90 Å². The molecule has 0 spiro atoms. The van der Waals surface area contributed by atoms with E-state index in [-0.39, 0.29) is 5.69 Å². The number of rotatable bonds is 4. The van der Waals surface area contributed by atoms with Crippen molar-refractivity contribution < 1.29 is 9.90 Å². The molecule has 0 aliphatic heterocycles. The van der Waals surface area contributed by atoms with Crippen LogP contribution in [0.15, 0.2) is 73.2 Å². The van der Waals surface area contributed by atoms with Gasteiger partial charge in [-0.2, -0.15) is 0 Å². The van der Waals surface area contributed by atoms with Crippen LogP contribution in [0, 0.1) is 0 Å². The molecule has 5 nitrogen and oxygen atoms in total. The van der Waals surface area contributed by atoms with E-state index in [0.717, 1.165) is 17.7 Å². The molecule has 4 aromatic rings. The molecule has 4 rings (SSSR count). The zero-order valence-corrected chi connectivity index (χ0v) is 13.3. The number of nitrogens with zero attached hydrogens (tertiary/aromatic N) is 3. The number of carboxylic acid groups (broad SMARTS) is 1. The van der Waals surface area contributed by atoms with E-state index in [1.807, 2.05) is 36.4 Å². The Morgan fingerprint density at radius 3 is 2.52 bits per heavy atom. The van der Waals surface area contributed by atoms with E-state index < -0.39 is 5.97 Å². The van der Waals surface area contributed by atoms with Crippen molar-refractivity contribution in [2.24, 2.45) is 0 Å². The Labute approximate surface area is 144 Å². The van der Waals surface area contributed by atoms with Gasteiger partial charge in [-0.25, -0.2) is 9.78 Å². The quantitative estimate of drug-likeness (QED) is 0.617. The smallest absolute Gasteiger partial charge is 0.356 e. The summed E-state index contributed by atoms with van der Waals surface area (Å²) in [6.45, 7) is 0.750. The molecular weight excluding hydrogens is 314 g/mol. The number of benzene rings is 2. The molecule has 0 radical (unpaired) electrons. The number of hydrogen-bond donors (Lipinski definition) is 1. The second-order valence-corrected chi connectivity index (χ2v) is 5.76. The molecule has 2 heterocycles. The highest BCUT2D eigenvalue weighted by Gasteiger charge is 2.14. The number of para-hydroxylation sites is 1. The first-order valence-electron chi connectivity index (χ1n) is 7.90. The molecule has 0 atom stereocenters. The third-order valence-corrected chi connectivity index (χ3v) is 4.16. The summed E-state index contributed by atoms with van der Waals surface area (Å²) in [6.07, 6.45) is 4.96. The summed E-state index contributed by atoms with van der Waals surface area (Å²) in [5.41, 5.74) is 3.41. The monoisotopic (exact) mass is 329 g/mol. The fourth-order valence-corrected chi connectivity index (χ4v) is 2.95. The molecule has 122 valence electrons. The van der Waals surface area contributed by atoms with Gasteiger partial charge in [0.1, 0.15) is 5.69 Å². The Morgan fingerprint density at radius 2 is 1.72 bits per heavy atom. The highest BCUT2D eigenvalue weighted by atomic mass is 16.4. The first-order chi connectivity index (χ1) is 12.2. The van der Waals surface area contributed by atoms with Crippen molar-refractivity contribution in [2.45, 2.75) is 6.54 Å². The molecule has 0 bridgehead atoms. The second kappa shape index (κ2) is 6.20. The maximum Gasteiger partial charge on any atom is 0.356 e. The van der Waals surface area contributed by atoms with Crippen LogP contribution in [0.5, 0.6) is 0 Å². The average molecular weight is 329 g/mol. The van der Waals surface area contributed by atoms with Crippen molar-refractivity contribution in [3.63, 3.8) is 0 Å². The summed E-state index contributed by atoms with van der Waals surface area (Å²) in [7, 11) is 0. The molecule has 1 N–H and O–H groups in total. The molecule has 0 saturated carbocycles. The Balaban J connectivity index is 1.64. The highest BCUT2D eigenvalue weighted by molar-refractivity contribution is 5.92. The van der Waals surface area contributed by atoms with Gasteiger partial charge in [0, 0.05) is 36.2 Å². The van der Waals surface area contributed by atoms with Gasteiger partial charge in [-0.15, -0.1) is 0 Å². The summed E-state index contributed by atoms with van der Waals surface area (Å²) >= 11 is 0. The number of aromatic nitrogens is 3. The van der Waals surface area contributed by atoms with E-state index in [2.05, 4.69) is 38.9 Å². The number of fused-ring (bicyclic) bond motifs is 1. The lowest BCUT2D eigenvalue weighted by atomic mass is 10.1. The number of carboxylic acids is 1. The Bertz CT molecular complexity index is 1050. The zero-order valence-electron chi connectivity index (χ0n) is 13.3. The number of hydrogen-bond acceptors (Lipinski definition) is 3. The summed E-state index contributed by atoms with van der Waals surface area (Å²) in [6, 6.07) is 18.1. The predicted molar refractivity (Wildman–Crippen MR) is 95.5 cm³/mol. The fraction of sp³-hybridized carbons (Fsp3) is 0.0500. The topological polar surface area (TPSA) is 68.0 Å². The van der Waals surface area contributed by atoms with Gasteiger partial charge in [-0.3, -0.25) is 4.98 Å². The number of aromatic carboxylic acids is 1. The van der Waals surface area contributed by atoms with Gasteiger partial charge in [0.2, 0.25) is 0 Å². The van der Waals surface area contributed by atoms with Gasteiger partial charge < -0.3 is 9.67 Å². The predicted octanol–water partition coefficient (Wildman–Crippen LogP) is 3.84. The molecule has 0 unspecified atom stereocenters. The second-order valence-electron chi connectivity index (χ2n) is 5.76. The molecule has 25 heavy (non-hydrogen) atoms. The Kier molecular flexibility index (Phi) is 3.74. The van der Waals surface area contributed by atoms with Crippen molar-refractivity contribution in [3.05, 3.63) is 84.4 Å². The Morgan fingerprint density at radius 1 is 0.960 bits per heavy atom. The third-order valence-electron chi connectivity index (χ3n) is 4.16. The molecule has 0 saturated heterocycles. The third kappa shape index (κ3) is 2.87. The molecule has 2 aromatic carbocycles. The lowest BCUT2D eigenvalue weighted by Crippen LogP contribution is -2.04. The first-order valence-corrected chi connectivity index (χ1v) is 7.90. The molecule has 0 fully saturated rings. The standard InChI is InChI=1S/C20H15N3O2/c24-20(25)19-18(21-10-11-22-19)16-7-5-14(6-8-16)13-23-12-9-15-3-1-2-4-17(15)23/h1-12H,13H2,(H,24,25). The average Bonchev–Trinajstić information content (AvgIpc) is 3.05. The molecule has 0 aliphatic rings. The summed E-state index contributed by atoms with van der Waals surface area (Å²) in [5.74, 6) is -1.08. The molecular formula is C20H15N3O2. The van der Waals surface area contributed by atoms with E-state index in [4.69, 9.17) is 0 Å². The molecule has 0 amide bonds. The van der Waals surface area contributed by atoms with Gasteiger partial charge in [0.05, 0.1) is 0 Å². The van der Waals surface area contributed by atoms with Crippen molar-refractivity contribution in [3.8, 4) is 11.3 Å². The summed E-state index contributed by atoms with van der Waals surface area (Å²) < 4.78 is 2.19. The van der Waals surface area contributed by atoms with Crippen LogP contribution in [0.4, 0.5) is 0 Å². The van der Waals surface area contributed by atoms with E-state index in [1.165, 1.54) is 23.3 Å². The van der Waals surface area contributed by atoms with Crippen LogP contribution in [-0.2, 0) is 6.54 Å². The van der Waals surface area contributed by atoms with Gasteiger partial charge >= 0.3 is 5.97 Å². The van der Waals surface area contributed by atoms with E-state index >= 15 is 0 Å². The van der Waals surface area contributed by atoms with Crippen LogP contribution in [-0.4, -0.2) is 25.6 Å². The summed E-state index contributed by atoms with van der Waals surface area (Å²) in [5, 5.41) is 10.5. The van der Waals surface area contributed by atoms with Crippen molar-refractivity contribution in [1.82, 2.24) is 14.5 Å². The first kappa shape index (κ1) is 15.1. The maximum atomic E-state index is 11.3. The highest BCUT2D eigenvalue weighted by Crippen LogP contribution is 2.22. The number of carbonyl (C=O) groups is 1. The van der Waals surface area contributed by atoms with Gasteiger partial charge in [0.15, 0.2) is 5.69 Å². The summed E-state index contributed by atoms with van der Waals surface area (Å²) in [4.78, 5) is 19.4.